The van der Waals surface area contributed by atoms with Gasteiger partial charge in [0.2, 0.25) is 5.91 Å². The molecule has 102 valence electrons. The summed E-state index contributed by atoms with van der Waals surface area (Å²) in [5.74, 6) is -3.56. The van der Waals surface area contributed by atoms with Crippen molar-refractivity contribution in [1.29, 1.82) is 0 Å². The Bertz CT molecular complexity index is 376. The SMILES string of the molecule is O=C(O)C1CCCC1C(=O)NC1(C(F)(F)F)CC1. The molecule has 7 heteroatoms. The molecule has 0 aromatic carbocycles. The molecule has 2 rings (SSSR count). The van der Waals surface area contributed by atoms with E-state index in [0.29, 0.717) is 19.3 Å². The number of alkyl halides is 3. The molecule has 0 radical (unpaired) electrons. The summed E-state index contributed by atoms with van der Waals surface area (Å²) in [5.41, 5.74) is -2.10. The van der Waals surface area contributed by atoms with Crippen molar-refractivity contribution in [3.05, 3.63) is 0 Å². The number of carbonyl (C=O) groups excluding carboxylic acids is 1. The van der Waals surface area contributed by atoms with Crippen molar-refractivity contribution in [3.63, 3.8) is 0 Å². The van der Waals surface area contributed by atoms with Gasteiger partial charge in [0, 0.05) is 0 Å². The van der Waals surface area contributed by atoms with Crippen LogP contribution in [0.2, 0.25) is 0 Å². The number of amides is 1. The van der Waals surface area contributed by atoms with Crippen LogP contribution < -0.4 is 5.32 Å². The van der Waals surface area contributed by atoms with Gasteiger partial charge in [-0.3, -0.25) is 9.59 Å². The second-order valence-corrected chi connectivity index (χ2v) is 5.05. The summed E-state index contributed by atoms with van der Waals surface area (Å²) in [6, 6.07) is 0. The summed E-state index contributed by atoms with van der Waals surface area (Å²) in [4.78, 5) is 22.7. The van der Waals surface area contributed by atoms with Crippen molar-refractivity contribution in [2.24, 2.45) is 11.8 Å². The van der Waals surface area contributed by atoms with E-state index in [0.717, 1.165) is 0 Å². The van der Waals surface area contributed by atoms with Crippen LogP contribution in [0.15, 0.2) is 0 Å². The predicted octanol–water partition coefficient (Wildman–Crippen LogP) is 1.70. The minimum absolute atomic E-state index is 0.118. The highest BCUT2D eigenvalue weighted by Crippen LogP contribution is 2.49. The Kier molecular flexibility index (Phi) is 3.03. The number of nitrogens with one attached hydrogen (secondary N) is 1. The zero-order valence-electron chi connectivity index (χ0n) is 9.59. The normalized spacial score (nSPS) is 29.9. The minimum Gasteiger partial charge on any atom is -0.481 e. The van der Waals surface area contributed by atoms with Crippen molar-refractivity contribution in [3.8, 4) is 0 Å². The first kappa shape index (κ1) is 13.2. The molecule has 0 aromatic heterocycles. The molecule has 2 unspecified atom stereocenters. The lowest BCUT2D eigenvalue weighted by Gasteiger charge is -2.24. The van der Waals surface area contributed by atoms with Gasteiger partial charge < -0.3 is 10.4 Å². The Labute approximate surface area is 102 Å². The van der Waals surface area contributed by atoms with E-state index in [9.17, 15) is 22.8 Å². The largest absolute Gasteiger partial charge is 0.481 e. The van der Waals surface area contributed by atoms with E-state index in [-0.39, 0.29) is 12.8 Å². The molecule has 0 spiro atoms. The maximum absolute atomic E-state index is 12.7. The van der Waals surface area contributed by atoms with Crippen LogP contribution in [-0.2, 0) is 9.59 Å². The first-order valence-corrected chi connectivity index (χ1v) is 5.88. The molecule has 2 atom stereocenters. The number of halogens is 3. The monoisotopic (exact) mass is 265 g/mol. The highest BCUT2D eigenvalue weighted by atomic mass is 19.4. The maximum Gasteiger partial charge on any atom is 0.411 e. The predicted molar refractivity (Wildman–Crippen MR) is 54.6 cm³/mol. The van der Waals surface area contributed by atoms with Gasteiger partial charge in [0.05, 0.1) is 11.8 Å². The Balaban J connectivity index is 2.03. The fraction of sp³-hybridized carbons (Fsp3) is 0.818. The lowest BCUT2D eigenvalue weighted by Crippen LogP contribution is -2.50. The van der Waals surface area contributed by atoms with Crippen LogP contribution in [0.5, 0.6) is 0 Å². The zero-order valence-corrected chi connectivity index (χ0v) is 9.59. The fourth-order valence-corrected chi connectivity index (χ4v) is 2.50. The van der Waals surface area contributed by atoms with Gasteiger partial charge in [0.15, 0.2) is 0 Å². The molecule has 0 bridgehead atoms. The molecule has 0 heterocycles. The lowest BCUT2D eigenvalue weighted by molar-refractivity contribution is -0.172. The van der Waals surface area contributed by atoms with Crippen LogP contribution >= 0.6 is 0 Å². The van der Waals surface area contributed by atoms with E-state index in [1.54, 1.807) is 0 Å². The molecule has 2 fully saturated rings. The number of aliphatic carboxylic acids is 1. The van der Waals surface area contributed by atoms with Crippen LogP contribution in [0.3, 0.4) is 0 Å². The number of carbonyl (C=O) groups is 2. The second kappa shape index (κ2) is 4.13. The Morgan fingerprint density at radius 2 is 1.72 bits per heavy atom. The molecule has 2 N–H and O–H groups in total. The van der Waals surface area contributed by atoms with Crippen molar-refractivity contribution < 1.29 is 27.9 Å². The van der Waals surface area contributed by atoms with E-state index >= 15 is 0 Å². The van der Waals surface area contributed by atoms with Crippen LogP contribution in [0.1, 0.15) is 32.1 Å². The van der Waals surface area contributed by atoms with Gasteiger partial charge in [0.1, 0.15) is 5.54 Å². The topological polar surface area (TPSA) is 66.4 Å². The maximum atomic E-state index is 12.7. The Morgan fingerprint density at radius 3 is 2.17 bits per heavy atom. The molecule has 0 aromatic rings. The van der Waals surface area contributed by atoms with Gasteiger partial charge in [-0.25, -0.2) is 0 Å². The zero-order chi connectivity index (χ0) is 13.6. The van der Waals surface area contributed by atoms with Crippen LogP contribution in [0.4, 0.5) is 13.2 Å². The van der Waals surface area contributed by atoms with Gasteiger partial charge in [0.25, 0.3) is 0 Å². The average Bonchev–Trinajstić information content (AvgIpc) is 2.87. The molecule has 2 aliphatic rings. The molecule has 0 saturated heterocycles. The summed E-state index contributed by atoms with van der Waals surface area (Å²) in [6.07, 6.45) is -3.43. The van der Waals surface area contributed by atoms with Crippen molar-refractivity contribution in [2.75, 3.05) is 0 Å². The molecular weight excluding hydrogens is 251 g/mol. The fourth-order valence-electron chi connectivity index (χ4n) is 2.50. The average molecular weight is 265 g/mol. The summed E-state index contributed by atoms with van der Waals surface area (Å²) < 4.78 is 38.0. The molecule has 1 amide bonds. The first-order chi connectivity index (χ1) is 8.27. The highest BCUT2D eigenvalue weighted by Gasteiger charge is 2.64. The quantitative estimate of drug-likeness (QED) is 0.816. The first-order valence-electron chi connectivity index (χ1n) is 5.88. The van der Waals surface area contributed by atoms with Crippen LogP contribution in [0, 0.1) is 11.8 Å². The summed E-state index contributed by atoms with van der Waals surface area (Å²) in [5, 5.41) is 10.9. The number of rotatable bonds is 3. The van der Waals surface area contributed by atoms with E-state index in [1.807, 2.05) is 5.32 Å². The molecule has 0 aliphatic heterocycles. The minimum atomic E-state index is -4.46. The molecule has 4 nitrogen and oxygen atoms in total. The van der Waals surface area contributed by atoms with Gasteiger partial charge in [-0.15, -0.1) is 0 Å². The van der Waals surface area contributed by atoms with E-state index in [1.165, 1.54) is 0 Å². The summed E-state index contributed by atoms with van der Waals surface area (Å²) in [6.45, 7) is 0. The van der Waals surface area contributed by atoms with E-state index in [4.69, 9.17) is 5.11 Å². The van der Waals surface area contributed by atoms with Crippen LogP contribution in [0.25, 0.3) is 0 Å². The van der Waals surface area contributed by atoms with Crippen LogP contribution in [-0.4, -0.2) is 28.7 Å². The molecule has 2 aliphatic carbocycles. The number of carboxylic acids is 1. The highest BCUT2D eigenvalue weighted by molar-refractivity contribution is 5.86. The van der Waals surface area contributed by atoms with Crippen molar-refractivity contribution >= 4 is 11.9 Å². The molecule has 18 heavy (non-hydrogen) atoms. The number of carboxylic acid groups (broad SMARTS) is 1. The van der Waals surface area contributed by atoms with E-state index in [2.05, 4.69) is 0 Å². The standard InChI is InChI=1S/C11H14F3NO3/c12-11(13,14)10(4-5-10)15-8(16)6-2-1-3-7(6)9(17)18/h6-7H,1-5H2,(H,15,16)(H,17,18). The van der Waals surface area contributed by atoms with Gasteiger partial charge in [-0.2, -0.15) is 13.2 Å². The number of hydrogen-bond acceptors (Lipinski definition) is 2. The van der Waals surface area contributed by atoms with Crippen molar-refractivity contribution in [2.45, 2.75) is 43.8 Å². The van der Waals surface area contributed by atoms with Gasteiger partial charge >= 0.3 is 12.1 Å². The molecular formula is C11H14F3NO3. The van der Waals surface area contributed by atoms with Gasteiger partial charge in [-0.05, 0) is 25.7 Å². The lowest BCUT2D eigenvalue weighted by atomic mass is 9.95. The number of hydrogen-bond donors (Lipinski definition) is 2. The third kappa shape index (κ3) is 2.18. The third-order valence-electron chi connectivity index (χ3n) is 3.83. The summed E-state index contributed by atoms with van der Waals surface area (Å²) in [7, 11) is 0. The smallest absolute Gasteiger partial charge is 0.411 e. The summed E-state index contributed by atoms with van der Waals surface area (Å²) >= 11 is 0. The van der Waals surface area contributed by atoms with E-state index < -0.39 is 35.4 Å². The molecule has 2 saturated carbocycles. The Morgan fingerprint density at radius 1 is 1.17 bits per heavy atom. The van der Waals surface area contributed by atoms with Gasteiger partial charge in [-0.1, -0.05) is 6.42 Å². The second-order valence-electron chi connectivity index (χ2n) is 5.05. The Hall–Kier alpha value is -1.27. The van der Waals surface area contributed by atoms with Crippen molar-refractivity contribution in [1.82, 2.24) is 5.32 Å². The third-order valence-corrected chi connectivity index (χ3v) is 3.83.